The first-order valence-corrected chi connectivity index (χ1v) is 10.8. The first kappa shape index (κ1) is 24.9. The molecule has 0 amide bonds. The van der Waals surface area contributed by atoms with E-state index < -0.39 is 5.92 Å². The summed E-state index contributed by atoms with van der Waals surface area (Å²) in [6.45, 7) is 5.30. The Morgan fingerprint density at radius 3 is 2.44 bits per heavy atom. The largest absolute Gasteiger partial charge is 0.481 e. The third-order valence-corrected chi connectivity index (χ3v) is 4.73. The van der Waals surface area contributed by atoms with Crippen LogP contribution in [0.2, 0.25) is 0 Å². The molecule has 0 aliphatic carbocycles. The SMILES string of the molecule is CN=C1N=CNC(=NCCc2ccc(Oc3cc(C(C)(F)F)cc(OC)n3)cc2)C1=NC(C)C. The number of aromatic nitrogens is 1. The van der Waals surface area contributed by atoms with E-state index in [0.717, 1.165) is 12.5 Å². The number of amidine groups is 2. The van der Waals surface area contributed by atoms with Crippen molar-refractivity contribution in [2.75, 3.05) is 20.7 Å². The van der Waals surface area contributed by atoms with Gasteiger partial charge in [-0.25, -0.2) is 13.8 Å². The average molecular weight is 471 g/mol. The molecule has 180 valence electrons. The third kappa shape index (κ3) is 6.66. The van der Waals surface area contributed by atoms with E-state index in [1.807, 2.05) is 26.0 Å². The fourth-order valence-electron chi connectivity index (χ4n) is 3.08. The highest BCUT2D eigenvalue weighted by atomic mass is 19.3. The van der Waals surface area contributed by atoms with Gasteiger partial charge in [-0.1, -0.05) is 12.1 Å². The Labute approximate surface area is 197 Å². The molecule has 0 radical (unpaired) electrons. The van der Waals surface area contributed by atoms with Gasteiger partial charge in [0.25, 0.3) is 5.92 Å². The quantitative estimate of drug-likeness (QED) is 0.617. The van der Waals surface area contributed by atoms with Crippen LogP contribution < -0.4 is 14.8 Å². The predicted molar refractivity (Wildman–Crippen MR) is 130 cm³/mol. The van der Waals surface area contributed by atoms with Gasteiger partial charge >= 0.3 is 0 Å². The van der Waals surface area contributed by atoms with Crippen LogP contribution in [0.3, 0.4) is 0 Å². The minimum absolute atomic E-state index is 0.0328. The molecular weight excluding hydrogens is 442 g/mol. The summed E-state index contributed by atoms with van der Waals surface area (Å²) in [6, 6.07) is 9.77. The third-order valence-electron chi connectivity index (χ3n) is 4.73. The molecule has 10 heteroatoms. The van der Waals surface area contributed by atoms with E-state index in [2.05, 4.69) is 30.3 Å². The Bertz CT molecular complexity index is 1120. The number of hydrogen-bond acceptors (Lipinski definition) is 6. The van der Waals surface area contributed by atoms with Crippen molar-refractivity contribution in [3.8, 4) is 17.5 Å². The summed E-state index contributed by atoms with van der Waals surface area (Å²) in [4.78, 5) is 21.7. The Hall–Kier alpha value is -3.69. The fraction of sp³-hybridized carbons (Fsp3) is 0.375. The number of rotatable bonds is 8. The van der Waals surface area contributed by atoms with E-state index in [1.165, 1.54) is 19.2 Å². The van der Waals surface area contributed by atoms with Crippen LogP contribution >= 0.6 is 0 Å². The number of pyridine rings is 1. The van der Waals surface area contributed by atoms with E-state index >= 15 is 0 Å². The zero-order chi connectivity index (χ0) is 24.7. The highest BCUT2D eigenvalue weighted by Crippen LogP contribution is 2.33. The second kappa shape index (κ2) is 11.0. The number of nitrogens with zero attached hydrogens (tertiary/aromatic N) is 5. The lowest BCUT2D eigenvalue weighted by molar-refractivity contribution is 0.0169. The number of ether oxygens (including phenoxy) is 2. The molecule has 2 aromatic rings. The monoisotopic (exact) mass is 470 g/mol. The maximum atomic E-state index is 13.7. The maximum absolute atomic E-state index is 13.7. The van der Waals surface area contributed by atoms with E-state index in [9.17, 15) is 8.78 Å². The van der Waals surface area contributed by atoms with Gasteiger partial charge in [-0.15, -0.1) is 0 Å². The van der Waals surface area contributed by atoms with Crippen LogP contribution in [0.25, 0.3) is 0 Å². The number of benzene rings is 1. The summed E-state index contributed by atoms with van der Waals surface area (Å²) in [7, 11) is 3.04. The van der Waals surface area contributed by atoms with Crippen molar-refractivity contribution in [3.05, 3.63) is 47.5 Å². The molecule has 0 saturated heterocycles. The Balaban J connectivity index is 1.67. The van der Waals surface area contributed by atoms with Gasteiger partial charge in [0.2, 0.25) is 11.8 Å². The molecule has 3 rings (SSSR count). The van der Waals surface area contributed by atoms with Gasteiger partial charge < -0.3 is 14.8 Å². The minimum atomic E-state index is -3.04. The van der Waals surface area contributed by atoms with Gasteiger partial charge in [-0.05, 0) is 38.0 Å². The van der Waals surface area contributed by atoms with Crippen LogP contribution in [0.1, 0.15) is 31.9 Å². The summed E-state index contributed by atoms with van der Waals surface area (Å²) in [5, 5.41) is 3.04. The molecule has 0 fully saturated rings. The summed E-state index contributed by atoms with van der Waals surface area (Å²) in [5.41, 5.74) is 1.45. The Morgan fingerprint density at radius 1 is 1.12 bits per heavy atom. The molecule has 0 spiro atoms. The van der Waals surface area contributed by atoms with Gasteiger partial charge in [-0.2, -0.15) is 4.98 Å². The summed E-state index contributed by atoms with van der Waals surface area (Å²) >= 11 is 0. The van der Waals surface area contributed by atoms with Crippen LogP contribution in [-0.4, -0.2) is 55.4 Å². The normalized spacial score (nSPS) is 17.5. The van der Waals surface area contributed by atoms with Gasteiger partial charge in [0.05, 0.1) is 13.4 Å². The molecule has 1 aromatic carbocycles. The second-order valence-corrected chi connectivity index (χ2v) is 7.87. The highest BCUT2D eigenvalue weighted by molar-refractivity contribution is 6.70. The second-order valence-electron chi connectivity index (χ2n) is 7.87. The van der Waals surface area contributed by atoms with Gasteiger partial charge in [0.1, 0.15) is 11.5 Å². The predicted octanol–water partition coefficient (Wildman–Crippen LogP) is 4.44. The molecule has 0 unspecified atom stereocenters. The van der Waals surface area contributed by atoms with E-state index in [0.29, 0.717) is 36.1 Å². The smallest absolute Gasteiger partial charge is 0.270 e. The molecule has 1 N–H and O–H groups in total. The number of hydrogen-bond donors (Lipinski definition) is 1. The fourth-order valence-corrected chi connectivity index (χ4v) is 3.08. The van der Waals surface area contributed by atoms with Gasteiger partial charge in [0.15, 0.2) is 11.7 Å². The van der Waals surface area contributed by atoms with E-state index in [-0.39, 0.29) is 23.4 Å². The molecule has 1 aliphatic heterocycles. The Morgan fingerprint density at radius 2 is 1.82 bits per heavy atom. The molecule has 2 heterocycles. The lowest BCUT2D eigenvalue weighted by Gasteiger charge is -2.15. The summed E-state index contributed by atoms with van der Waals surface area (Å²) < 4.78 is 38.2. The standard InChI is InChI=1S/C24H28F2N6O2/c1-15(2)31-21-22(27-4)29-14-30-23(21)28-11-10-16-6-8-18(9-7-16)34-20-13-17(24(3,25)26)12-19(32-20)33-5/h6-9,12-15H,10-11H2,1-5H3,(H,27,28,29,30). The molecular formula is C24H28F2N6O2. The number of nitrogens with one attached hydrogen (secondary N) is 1. The van der Waals surface area contributed by atoms with Crippen molar-refractivity contribution >= 4 is 23.7 Å². The van der Waals surface area contributed by atoms with E-state index in [4.69, 9.17) is 9.47 Å². The lowest BCUT2D eigenvalue weighted by Crippen LogP contribution is -2.40. The molecule has 8 nitrogen and oxygen atoms in total. The maximum Gasteiger partial charge on any atom is 0.270 e. The topological polar surface area (TPSA) is 92.8 Å². The number of halogens is 2. The van der Waals surface area contributed by atoms with Crippen LogP contribution in [0.4, 0.5) is 8.78 Å². The number of aliphatic imine (C=N–C) groups is 4. The van der Waals surface area contributed by atoms with Gasteiger partial charge in [-0.3, -0.25) is 15.0 Å². The zero-order valence-electron chi connectivity index (χ0n) is 19.8. The van der Waals surface area contributed by atoms with Crippen molar-refractivity contribution in [2.45, 2.75) is 39.2 Å². The van der Waals surface area contributed by atoms with Crippen molar-refractivity contribution < 1.29 is 18.3 Å². The zero-order valence-corrected chi connectivity index (χ0v) is 19.8. The van der Waals surface area contributed by atoms with Crippen LogP contribution in [-0.2, 0) is 12.3 Å². The van der Waals surface area contributed by atoms with Crippen molar-refractivity contribution in [3.63, 3.8) is 0 Å². The molecule has 0 saturated carbocycles. The highest BCUT2D eigenvalue weighted by Gasteiger charge is 2.26. The first-order chi connectivity index (χ1) is 16.2. The lowest BCUT2D eigenvalue weighted by atomic mass is 10.1. The average Bonchev–Trinajstić information content (AvgIpc) is 2.80. The number of alkyl halides is 2. The van der Waals surface area contributed by atoms with Crippen molar-refractivity contribution in [1.29, 1.82) is 0 Å². The molecule has 0 bridgehead atoms. The number of methoxy groups -OCH3 is 1. The molecule has 1 aromatic heterocycles. The Kier molecular flexibility index (Phi) is 8.04. The first-order valence-electron chi connectivity index (χ1n) is 10.8. The molecule has 34 heavy (non-hydrogen) atoms. The van der Waals surface area contributed by atoms with Crippen LogP contribution in [0.5, 0.6) is 17.5 Å². The van der Waals surface area contributed by atoms with Crippen molar-refractivity contribution in [1.82, 2.24) is 10.3 Å². The van der Waals surface area contributed by atoms with Crippen LogP contribution in [0.15, 0.2) is 56.4 Å². The molecule has 0 atom stereocenters. The van der Waals surface area contributed by atoms with Crippen LogP contribution in [0, 0.1) is 0 Å². The molecule has 1 aliphatic rings. The summed E-state index contributed by atoms with van der Waals surface area (Å²) in [6.07, 6.45) is 2.23. The minimum Gasteiger partial charge on any atom is -0.481 e. The summed E-state index contributed by atoms with van der Waals surface area (Å²) in [5.74, 6) is -1.29. The van der Waals surface area contributed by atoms with Gasteiger partial charge in [0, 0.05) is 44.3 Å². The van der Waals surface area contributed by atoms with Crippen molar-refractivity contribution in [2.24, 2.45) is 20.0 Å². The van der Waals surface area contributed by atoms with E-state index in [1.54, 1.807) is 25.5 Å².